The third-order valence-corrected chi connectivity index (χ3v) is 4.20. The molecule has 0 radical (unpaired) electrons. The van der Waals surface area contributed by atoms with Crippen LogP contribution in [-0.2, 0) is 4.74 Å². The molecule has 3 rings (SSSR count). The summed E-state index contributed by atoms with van der Waals surface area (Å²) in [5.41, 5.74) is 2.80. The molecular weight excluding hydrogens is 362 g/mol. The Bertz CT molecular complexity index is 1050. The van der Waals surface area contributed by atoms with Crippen LogP contribution >= 0.6 is 0 Å². The van der Waals surface area contributed by atoms with Gasteiger partial charge in [0.05, 0.1) is 4.92 Å². The van der Waals surface area contributed by atoms with Crippen LogP contribution in [0.5, 0.6) is 0 Å². The van der Waals surface area contributed by atoms with Gasteiger partial charge in [-0.1, -0.05) is 17.7 Å². The van der Waals surface area contributed by atoms with E-state index in [9.17, 15) is 19.7 Å². The topological polar surface area (TPSA) is 99.7 Å². The minimum absolute atomic E-state index is 0.0418. The standard InChI is InChI=1S/C21H17NO6/c1-13-3-4-14(2)17(11-13)18(23)12-27-21(24)20-10-9-19(28-20)15-5-7-16(8-6-15)22(25)26/h3-11H,12H2,1-2H3. The number of ketones is 1. The molecule has 7 heteroatoms. The predicted molar refractivity (Wildman–Crippen MR) is 101 cm³/mol. The highest BCUT2D eigenvalue weighted by molar-refractivity contribution is 6.00. The van der Waals surface area contributed by atoms with Gasteiger partial charge >= 0.3 is 5.97 Å². The molecule has 2 aromatic carbocycles. The Morgan fingerprint density at radius 3 is 2.43 bits per heavy atom. The third kappa shape index (κ3) is 4.15. The van der Waals surface area contributed by atoms with Crippen LogP contribution in [0.3, 0.4) is 0 Å². The average molecular weight is 379 g/mol. The van der Waals surface area contributed by atoms with E-state index in [1.165, 1.54) is 30.3 Å². The van der Waals surface area contributed by atoms with Gasteiger partial charge in [0.2, 0.25) is 11.5 Å². The maximum Gasteiger partial charge on any atom is 0.374 e. The number of aryl methyl sites for hydroxylation is 2. The molecule has 0 aliphatic carbocycles. The first-order valence-electron chi connectivity index (χ1n) is 8.47. The zero-order valence-electron chi connectivity index (χ0n) is 15.3. The second-order valence-corrected chi connectivity index (χ2v) is 6.29. The first-order valence-corrected chi connectivity index (χ1v) is 8.47. The summed E-state index contributed by atoms with van der Waals surface area (Å²) in [6.45, 7) is 3.30. The van der Waals surface area contributed by atoms with Crippen molar-refractivity contribution in [3.8, 4) is 11.3 Å². The van der Waals surface area contributed by atoms with Crippen molar-refractivity contribution in [1.82, 2.24) is 0 Å². The molecule has 0 aliphatic heterocycles. The molecule has 3 aromatic rings. The summed E-state index contributed by atoms with van der Waals surface area (Å²) in [7, 11) is 0. The fourth-order valence-corrected chi connectivity index (χ4v) is 2.67. The van der Waals surface area contributed by atoms with Crippen molar-refractivity contribution in [2.45, 2.75) is 13.8 Å². The van der Waals surface area contributed by atoms with Crippen LogP contribution in [0, 0.1) is 24.0 Å². The van der Waals surface area contributed by atoms with Crippen LogP contribution in [0.4, 0.5) is 5.69 Å². The van der Waals surface area contributed by atoms with Gasteiger partial charge in [-0.3, -0.25) is 14.9 Å². The number of rotatable bonds is 6. The maximum atomic E-state index is 12.3. The molecule has 1 heterocycles. The molecule has 7 nitrogen and oxygen atoms in total. The lowest BCUT2D eigenvalue weighted by atomic mass is 10.0. The van der Waals surface area contributed by atoms with Crippen LogP contribution in [0.25, 0.3) is 11.3 Å². The Labute approximate surface area is 160 Å². The maximum absolute atomic E-state index is 12.3. The van der Waals surface area contributed by atoms with Gasteiger partial charge in [-0.25, -0.2) is 4.79 Å². The highest BCUT2D eigenvalue weighted by Crippen LogP contribution is 2.25. The molecule has 0 unspecified atom stereocenters. The van der Waals surface area contributed by atoms with Gasteiger partial charge < -0.3 is 9.15 Å². The van der Waals surface area contributed by atoms with E-state index < -0.39 is 17.5 Å². The van der Waals surface area contributed by atoms with Crippen LogP contribution < -0.4 is 0 Å². The number of esters is 1. The second kappa shape index (κ2) is 7.87. The number of nitro benzene ring substituents is 1. The number of benzene rings is 2. The molecule has 0 fully saturated rings. The molecular formula is C21H17NO6. The van der Waals surface area contributed by atoms with E-state index in [1.807, 2.05) is 26.0 Å². The lowest BCUT2D eigenvalue weighted by Gasteiger charge is -2.06. The highest BCUT2D eigenvalue weighted by Gasteiger charge is 2.17. The number of nitrogens with zero attached hydrogens (tertiary/aromatic N) is 1. The Hall–Kier alpha value is -3.74. The molecule has 142 valence electrons. The first kappa shape index (κ1) is 19.0. The second-order valence-electron chi connectivity index (χ2n) is 6.29. The van der Waals surface area contributed by atoms with Gasteiger partial charge in [0.25, 0.3) is 5.69 Å². The van der Waals surface area contributed by atoms with Crippen LogP contribution in [-0.4, -0.2) is 23.3 Å². The average Bonchev–Trinajstić information content (AvgIpc) is 3.18. The molecule has 0 bridgehead atoms. The van der Waals surface area contributed by atoms with E-state index in [0.717, 1.165) is 11.1 Å². The van der Waals surface area contributed by atoms with Crippen molar-refractivity contribution < 1.29 is 23.7 Å². The van der Waals surface area contributed by atoms with E-state index >= 15 is 0 Å². The quantitative estimate of drug-likeness (QED) is 0.270. The third-order valence-electron chi connectivity index (χ3n) is 4.20. The van der Waals surface area contributed by atoms with Gasteiger partial charge in [-0.15, -0.1) is 0 Å². The molecule has 0 saturated heterocycles. The van der Waals surface area contributed by atoms with Gasteiger partial charge in [0, 0.05) is 23.3 Å². The SMILES string of the molecule is Cc1ccc(C)c(C(=O)COC(=O)c2ccc(-c3ccc([N+](=O)[O-])cc3)o2)c1. The number of hydrogen-bond donors (Lipinski definition) is 0. The van der Waals surface area contributed by atoms with Gasteiger partial charge in [-0.2, -0.15) is 0 Å². The fourth-order valence-electron chi connectivity index (χ4n) is 2.67. The number of nitro groups is 1. The summed E-state index contributed by atoms with van der Waals surface area (Å²) < 4.78 is 10.5. The number of ether oxygens (including phenoxy) is 1. The lowest BCUT2D eigenvalue weighted by Crippen LogP contribution is -2.15. The summed E-state index contributed by atoms with van der Waals surface area (Å²) in [4.78, 5) is 34.7. The minimum atomic E-state index is -0.758. The normalized spacial score (nSPS) is 10.5. The zero-order valence-corrected chi connectivity index (χ0v) is 15.3. The molecule has 0 saturated carbocycles. The van der Waals surface area contributed by atoms with Crippen LogP contribution in [0.2, 0.25) is 0 Å². The number of Topliss-reactive ketones (excluding diaryl/α,β-unsaturated/α-hetero) is 1. The molecule has 0 atom stereocenters. The monoisotopic (exact) mass is 379 g/mol. The lowest BCUT2D eigenvalue weighted by molar-refractivity contribution is -0.384. The smallest absolute Gasteiger partial charge is 0.374 e. The molecule has 0 spiro atoms. The summed E-state index contributed by atoms with van der Waals surface area (Å²) in [5, 5.41) is 10.7. The predicted octanol–water partition coefficient (Wildman–Crippen LogP) is 4.51. The number of carbonyl (C=O) groups is 2. The van der Waals surface area contributed by atoms with Crippen molar-refractivity contribution >= 4 is 17.4 Å². The van der Waals surface area contributed by atoms with Crippen molar-refractivity contribution in [1.29, 1.82) is 0 Å². The molecule has 1 aromatic heterocycles. The van der Waals surface area contributed by atoms with Crippen molar-refractivity contribution in [2.75, 3.05) is 6.61 Å². The zero-order chi connectivity index (χ0) is 20.3. The Balaban J connectivity index is 1.66. The van der Waals surface area contributed by atoms with E-state index in [2.05, 4.69) is 0 Å². The van der Waals surface area contributed by atoms with Crippen molar-refractivity contribution in [3.05, 3.63) is 87.2 Å². The summed E-state index contributed by atoms with van der Waals surface area (Å²) in [5.74, 6) is -0.742. The highest BCUT2D eigenvalue weighted by atomic mass is 16.6. The molecule has 0 amide bonds. The number of furan rings is 1. The minimum Gasteiger partial charge on any atom is -0.451 e. The van der Waals surface area contributed by atoms with E-state index in [-0.39, 0.29) is 17.2 Å². The van der Waals surface area contributed by atoms with E-state index in [1.54, 1.807) is 12.1 Å². The fraction of sp³-hybridized carbons (Fsp3) is 0.143. The summed E-state index contributed by atoms with van der Waals surface area (Å²) in [6.07, 6.45) is 0. The van der Waals surface area contributed by atoms with Crippen molar-refractivity contribution in [3.63, 3.8) is 0 Å². The van der Waals surface area contributed by atoms with E-state index in [4.69, 9.17) is 9.15 Å². The Kier molecular flexibility index (Phi) is 5.35. The van der Waals surface area contributed by atoms with Crippen molar-refractivity contribution in [2.24, 2.45) is 0 Å². The first-order chi connectivity index (χ1) is 13.3. The molecule has 0 N–H and O–H groups in total. The Morgan fingerprint density at radius 1 is 1.04 bits per heavy atom. The number of non-ortho nitro benzene ring substituents is 1. The largest absolute Gasteiger partial charge is 0.451 e. The van der Waals surface area contributed by atoms with Gasteiger partial charge in [-0.05, 0) is 49.7 Å². The van der Waals surface area contributed by atoms with E-state index in [0.29, 0.717) is 16.9 Å². The van der Waals surface area contributed by atoms with Gasteiger partial charge in [0.1, 0.15) is 5.76 Å². The van der Waals surface area contributed by atoms with Crippen LogP contribution in [0.15, 0.2) is 59.0 Å². The summed E-state index contributed by atoms with van der Waals surface area (Å²) in [6, 6.07) is 14.2. The summed E-state index contributed by atoms with van der Waals surface area (Å²) >= 11 is 0. The number of hydrogen-bond acceptors (Lipinski definition) is 6. The molecule has 28 heavy (non-hydrogen) atoms. The van der Waals surface area contributed by atoms with Crippen LogP contribution in [0.1, 0.15) is 32.0 Å². The number of carbonyl (C=O) groups excluding carboxylic acids is 2. The molecule has 0 aliphatic rings. The Morgan fingerprint density at radius 2 is 1.75 bits per heavy atom. The van der Waals surface area contributed by atoms with Gasteiger partial charge in [0.15, 0.2) is 6.61 Å².